The van der Waals surface area contributed by atoms with E-state index in [9.17, 15) is 16.8 Å². The molecule has 2 N–H and O–H groups in total. The van der Waals surface area contributed by atoms with E-state index in [4.69, 9.17) is 9.31 Å². The molecule has 0 atom stereocenters. The lowest BCUT2D eigenvalue weighted by Crippen LogP contribution is -2.41. The summed E-state index contributed by atoms with van der Waals surface area (Å²) >= 11 is 3.27. The van der Waals surface area contributed by atoms with Crippen LogP contribution < -0.4 is 14.9 Å². The van der Waals surface area contributed by atoms with Gasteiger partial charge in [-0.1, -0.05) is 72.8 Å². The summed E-state index contributed by atoms with van der Waals surface area (Å²) in [5, 5.41) is 0. The molecular weight excluding hydrogens is 911 g/mol. The van der Waals surface area contributed by atoms with E-state index in [0.29, 0.717) is 12.1 Å². The van der Waals surface area contributed by atoms with Gasteiger partial charge in [-0.05, 0) is 163 Å². The summed E-state index contributed by atoms with van der Waals surface area (Å²) in [5.74, 6) is 0. The van der Waals surface area contributed by atoms with E-state index in [-0.39, 0.29) is 9.79 Å². The number of nitrogens with one attached hydrogen (secondary N) is 2. The second kappa shape index (κ2) is 21.7. The van der Waals surface area contributed by atoms with Crippen LogP contribution in [-0.2, 0) is 55.0 Å². The maximum Gasteiger partial charge on any atom is 0.495 e. The third-order valence-electron chi connectivity index (χ3n) is 11.6. The number of halogens is 1. The zero-order valence-electron chi connectivity index (χ0n) is 38.5. The first-order valence-electron chi connectivity index (χ1n) is 21.5. The average Bonchev–Trinajstić information content (AvgIpc) is 4.00. The number of hydrogen-bond donors (Lipinski definition) is 2. The first-order chi connectivity index (χ1) is 30.2. The van der Waals surface area contributed by atoms with E-state index in [1.807, 2.05) is 104 Å². The second-order valence-corrected chi connectivity index (χ2v) is 21.8. The molecule has 0 aliphatic carbocycles. The van der Waals surface area contributed by atoms with Gasteiger partial charge in [0.1, 0.15) is 4.60 Å². The predicted molar refractivity (Wildman–Crippen MR) is 261 cm³/mol. The molecular formula is C48H62BBrN6O6S2. The minimum absolute atomic E-state index is 0.211. The Kier molecular flexibility index (Phi) is 17.2. The van der Waals surface area contributed by atoms with Crippen molar-refractivity contribution < 1.29 is 26.1 Å². The Morgan fingerprint density at radius 3 is 1.52 bits per heavy atom. The number of imidazole rings is 2. The van der Waals surface area contributed by atoms with Gasteiger partial charge in [-0.25, -0.2) is 36.2 Å². The average molecular weight is 974 g/mol. The van der Waals surface area contributed by atoms with Crippen LogP contribution in [0.5, 0.6) is 0 Å². The van der Waals surface area contributed by atoms with Gasteiger partial charge in [0.2, 0.25) is 20.0 Å². The maximum absolute atomic E-state index is 12.3. The number of benzene rings is 4. The molecule has 0 amide bonds. The Morgan fingerprint density at radius 1 is 0.625 bits per heavy atom. The van der Waals surface area contributed by atoms with E-state index < -0.39 is 38.4 Å². The van der Waals surface area contributed by atoms with Crippen LogP contribution in [-0.4, -0.2) is 68.4 Å². The Hall–Kier alpha value is -4.42. The van der Waals surface area contributed by atoms with Gasteiger partial charge >= 0.3 is 7.12 Å². The first-order valence-corrected chi connectivity index (χ1v) is 25.2. The standard InChI is InChI=1S/C21H28BNO4S.C21H25N3O2S.C6H9BrN2/c1-20(2)21(3,4)27-22(26-20)19-15-18(28(24,25)23-5)14-13-17(19)12-11-16-9-7-6-8-10-16;1-16(2)24-14-21(23-15-24)20-13-19(27(25,26)22-3)12-11-18(20)10-9-17-7-5-4-6-8-17;1-5(2)9-3-6(7)8-4-9/h6-10,13-15,23H,11-12H2,1-5H3;4-8,11-16,22H,9-10H2,1-3H3;3-5H,1-2H3. The van der Waals surface area contributed by atoms with Crippen molar-refractivity contribution >= 4 is 48.6 Å². The summed E-state index contributed by atoms with van der Waals surface area (Å²) in [5.41, 5.74) is 6.03. The third kappa shape index (κ3) is 13.1. The Labute approximate surface area is 389 Å². The molecule has 0 saturated carbocycles. The topological polar surface area (TPSA) is 146 Å². The molecule has 342 valence electrons. The summed E-state index contributed by atoms with van der Waals surface area (Å²) in [6.07, 6.45) is 10.9. The summed E-state index contributed by atoms with van der Waals surface area (Å²) in [7, 11) is -4.84. The van der Waals surface area contributed by atoms with E-state index >= 15 is 0 Å². The molecule has 4 aromatic carbocycles. The highest BCUT2D eigenvalue weighted by atomic mass is 79.9. The van der Waals surface area contributed by atoms with Crippen LogP contribution in [0.2, 0.25) is 0 Å². The van der Waals surface area contributed by atoms with Gasteiger partial charge in [0.15, 0.2) is 0 Å². The van der Waals surface area contributed by atoms with Crippen LogP contribution >= 0.6 is 15.9 Å². The Balaban J connectivity index is 0.000000202. The van der Waals surface area contributed by atoms with Gasteiger partial charge in [-0.3, -0.25) is 0 Å². The third-order valence-corrected chi connectivity index (χ3v) is 14.8. The van der Waals surface area contributed by atoms with Crippen molar-refractivity contribution in [3.63, 3.8) is 0 Å². The highest BCUT2D eigenvalue weighted by Gasteiger charge is 2.52. The van der Waals surface area contributed by atoms with E-state index in [1.165, 1.54) is 25.2 Å². The highest BCUT2D eigenvalue weighted by Crippen LogP contribution is 2.37. The van der Waals surface area contributed by atoms with Crippen LogP contribution in [0.3, 0.4) is 0 Å². The monoisotopic (exact) mass is 972 g/mol. The molecule has 1 aliphatic heterocycles. The zero-order valence-corrected chi connectivity index (χ0v) is 41.8. The van der Waals surface area contributed by atoms with Crippen LogP contribution in [0.4, 0.5) is 0 Å². The fraction of sp³-hybridized carbons (Fsp3) is 0.375. The van der Waals surface area contributed by atoms with Crippen LogP contribution in [0, 0.1) is 0 Å². The number of rotatable bonds is 14. The molecule has 0 radical (unpaired) electrons. The number of hydrogen-bond acceptors (Lipinski definition) is 8. The van der Waals surface area contributed by atoms with Gasteiger partial charge in [-0.2, -0.15) is 0 Å². The van der Waals surface area contributed by atoms with Crippen LogP contribution in [0.25, 0.3) is 11.3 Å². The molecule has 2 aromatic heterocycles. The molecule has 1 fully saturated rings. The van der Waals surface area contributed by atoms with Gasteiger partial charge in [-0.15, -0.1) is 0 Å². The number of aromatic nitrogens is 4. The Bertz CT molecular complexity index is 2660. The van der Waals surface area contributed by atoms with Crippen molar-refractivity contribution in [2.24, 2.45) is 0 Å². The molecule has 12 nitrogen and oxygen atoms in total. The number of nitrogens with zero attached hydrogens (tertiary/aromatic N) is 4. The largest absolute Gasteiger partial charge is 0.495 e. The molecule has 3 heterocycles. The zero-order chi connectivity index (χ0) is 46.9. The molecule has 64 heavy (non-hydrogen) atoms. The smallest absolute Gasteiger partial charge is 0.399 e. The molecule has 0 spiro atoms. The van der Waals surface area contributed by atoms with Crippen LogP contribution in [0.15, 0.2) is 137 Å². The van der Waals surface area contributed by atoms with E-state index in [1.54, 1.807) is 30.6 Å². The fourth-order valence-corrected chi connectivity index (χ4v) is 8.62. The van der Waals surface area contributed by atoms with E-state index in [0.717, 1.165) is 58.1 Å². The van der Waals surface area contributed by atoms with Gasteiger partial charge in [0.05, 0.1) is 39.3 Å². The fourth-order valence-electron chi connectivity index (χ4n) is 6.77. The van der Waals surface area contributed by atoms with Crippen molar-refractivity contribution in [3.05, 3.63) is 149 Å². The first kappa shape index (κ1) is 50.6. The molecule has 0 bridgehead atoms. The SMILES string of the molecule is CC(C)n1cnc(Br)c1.CNS(=O)(=O)c1ccc(CCc2ccccc2)c(-c2cn(C(C)C)cn2)c1.CNS(=O)(=O)c1ccc(CCc2ccccc2)c(B2OC(C)(C)C(C)(C)O2)c1. The molecule has 16 heteroatoms. The minimum atomic E-state index is -3.55. The van der Waals surface area contributed by atoms with Crippen molar-refractivity contribution in [3.8, 4) is 11.3 Å². The summed E-state index contributed by atoms with van der Waals surface area (Å²) < 4.78 is 71.3. The number of sulfonamides is 2. The van der Waals surface area contributed by atoms with Crippen molar-refractivity contribution in [1.82, 2.24) is 28.5 Å². The lowest BCUT2D eigenvalue weighted by Gasteiger charge is -2.32. The Morgan fingerprint density at radius 2 is 1.08 bits per heavy atom. The molecule has 1 saturated heterocycles. The minimum Gasteiger partial charge on any atom is -0.399 e. The predicted octanol–water partition coefficient (Wildman–Crippen LogP) is 8.73. The van der Waals surface area contributed by atoms with Gasteiger partial charge in [0.25, 0.3) is 0 Å². The summed E-state index contributed by atoms with van der Waals surface area (Å²) in [4.78, 5) is 9.00. The molecule has 1 aliphatic rings. The summed E-state index contributed by atoms with van der Waals surface area (Å²) in [6.45, 7) is 16.4. The maximum atomic E-state index is 12.3. The lowest BCUT2D eigenvalue weighted by molar-refractivity contribution is 0.00578. The molecule has 6 aromatic rings. The quantitative estimate of drug-likeness (QED) is 0.103. The summed E-state index contributed by atoms with van der Waals surface area (Å²) in [6, 6.07) is 31.8. The van der Waals surface area contributed by atoms with Crippen LogP contribution in [0.1, 0.15) is 89.7 Å². The van der Waals surface area contributed by atoms with E-state index in [2.05, 4.69) is 87.3 Å². The lowest BCUT2D eigenvalue weighted by atomic mass is 9.75. The molecule has 0 unspecified atom stereocenters. The van der Waals surface area contributed by atoms with Gasteiger partial charge in [0, 0.05) is 30.0 Å². The van der Waals surface area contributed by atoms with Crippen molar-refractivity contribution in [2.45, 2.75) is 114 Å². The molecule has 7 rings (SSSR count). The van der Waals surface area contributed by atoms with Gasteiger partial charge < -0.3 is 18.4 Å². The van der Waals surface area contributed by atoms with Crippen molar-refractivity contribution in [2.75, 3.05) is 14.1 Å². The highest BCUT2D eigenvalue weighted by molar-refractivity contribution is 9.10. The normalized spacial score (nSPS) is 14.5. The second-order valence-electron chi connectivity index (χ2n) is 17.2. The van der Waals surface area contributed by atoms with Crippen molar-refractivity contribution in [1.29, 1.82) is 0 Å². The number of aryl methyl sites for hydroxylation is 4.